The SMILES string of the molecule is C/C=C\C(=C(\C)CC)N1CCC(n2ncc(NCC3CCCOC3)c(Cl)c2=O)CC1.CCOC. The summed E-state index contributed by atoms with van der Waals surface area (Å²) in [7, 11) is 1.68. The predicted octanol–water partition coefficient (Wildman–Crippen LogP) is 5.28. The van der Waals surface area contributed by atoms with Crippen LogP contribution in [-0.4, -0.2) is 61.2 Å². The summed E-state index contributed by atoms with van der Waals surface area (Å²) in [5.41, 5.74) is 3.12. The summed E-state index contributed by atoms with van der Waals surface area (Å²) < 4.78 is 11.6. The molecule has 0 aromatic carbocycles. The second-order valence-electron chi connectivity index (χ2n) is 8.90. The number of piperidine rings is 1. The van der Waals surface area contributed by atoms with Gasteiger partial charge in [-0.1, -0.05) is 30.2 Å². The van der Waals surface area contributed by atoms with Gasteiger partial charge in [0, 0.05) is 45.7 Å². The Morgan fingerprint density at radius 3 is 2.59 bits per heavy atom. The summed E-state index contributed by atoms with van der Waals surface area (Å²) >= 11 is 6.42. The Morgan fingerprint density at radius 2 is 2.03 bits per heavy atom. The lowest BCUT2D eigenvalue weighted by Crippen LogP contribution is -2.38. The van der Waals surface area contributed by atoms with Gasteiger partial charge in [0.25, 0.3) is 5.56 Å². The largest absolute Gasteiger partial charge is 0.385 e. The molecule has 1 aromatic rings. The number of rotatable bonds is 8. The summed E-state index contributed by atoms with van der Waals surface area (Å²) in [5, 5.41) is 8.00. The van der Waals surface area contributed by atoms with Crippen molar-refractivity contribution in [3.8, 4) is 0 Å². The van der Waals surface area contributed by atoms with E-state index < -0.39 is 0 Å². The zero-order valence-electron chi connectivity index (χ0n) is 21.6. The number of allylic oxidation sites excluding steroid dienone is 3. The molecule has 3 rings (SSSR count). The van der Waals surface area contributed by atoms with Crippen LogP contribution in [0.2, 0.25) is 5.02 Å². The highest BCUT2D eigenvalue weighted by atomic mass is 35.5. The van der Waals surface area contributed by atoms with Crippen molar-refractivity contribution in [1.82, 2.24) is 14.7 Å². The van der Waals surface area contributed by atoms with Crippen LogP contribution in [0.1, 0.15) is 65.8 Å². The maximum atomic E-state index is 12.9. The van der Waals surface area contributed by atoms with E-state index in [-0.39, 0.29) is 16.6 Å². The van der Waals surface area contributed by atoms with Crippen molar-refractivity contribution < 1.29 is 9.47 Å². The Hall–Kier alpha value is -1.83. The zero-order valence-corrected chi connectivity index (χ0v) is 22.4. The molecule has 1 aromatic heterocycles. The number of anilines is 1. The van der Waals surface area contributed by atoms with E-state index in [0.29, 0.717) is 11.6 Å². The lowest BCUT2D eigenvalue weighted by atomic mass is 10.0. The van der Waals surface area contributed by atoms with Gasteiger partial charge in [-0.15, -0.1) is 0 Å². The fraction of sp³-hybridized carbons (Fsp3) is 0.692. The van der Waals surface area contributed by atoms with Crippen LogP contribution >= 0.6 is 11.6 Å². The van der Waals surface area contributed by atoms with Crippen molar-refractivity contribution in [2.24, 2.45) is 5.92 Å². The van der Waals surface area contributed by atoms with E-state index in [1.807, 2.05) is 6.92 Å². The van der Waals surface area contributed by atoms with Crippen molar-refractivity contribution in [1.29, 1.82) is 0 Å². The molecule has 0 amide bonds. The molecule has 0 radical (unpaired) electrons. The smallest absolute Gasteiger partial charge is 0.287 e. The third kappa shape index (κ3) is 8.14. The molecule has 0 saturated carbocycles. The quantitative estimate of drug-likeness (QED) is 0.495. The highest BCUT2D eigenvalue weighted by Gasteiger charge is 2.25. The monoisotopic (exact) mass is 494 g/mol. The maximum Gasteiger partial charge on any atom is 0.287 e. The van der Waals surface area contributed by atoms with Crippen LogP contribution in [0, 0.1) is 5.92 Å². The molecule has 192 valence electrons. The molecule has 8 heteroatoms. The molecule has 2 fully saturated rings. The van der Waals surface area contributed by atoms with Crippen LogP contribution in [0.3, 0.4) is 0 Å². The lowest BCUT2D eigenvalue weighted by molar-refractivity contribution is 0.0595. The van der Waals surface area contributed by atoms with Gasteiger partial charge in [-0.05, 0) is 64.9 Å². The van der Waals surface area contributed by atoms with E-state index in [9.17, 15) is 4.79 Å². The lowest BCUT2D eigenvalue weighted by Gasteiger charge is -2.35. The van der Waals surface area contributed by atoms with Gasteiger partial charge in [-0.2, -0.15) is 5.10 Å². The first-order valence-corrected chi connectivity index (χ1v) is 13.0. The average Bonchev–Trinajstić information content (AvgIpc) is 2.88. The predicted molar refractivity (Wildman–Crippen MR) is 141 cm³/mol. The van der Waals surface area contributed by atoms with Crippen molar-refractivity contribution in [3.05, 3.63) is 45.0 Å². The Balaban J connectivity index is 0.000000945. The molecule has 34 heavy (non-hydrogen) atoms. The highest BCUT2D eigenvalue weighted by molar-refractivity contribution is 6.32. The van der Waals surface area contributed by atoms with Gasteiger partial charge in [0.1, 0.15) is 5.02 Å². The first-order valence-electron chi connectivity index (χ1n) is 12.6. The Morgan fingerprint density at radius 1 is 1.32 bits per heavy atom. The molecular weight excluding hydrogens is 452 g/mol. The number of aromatic nitrogens is 2. The summed E-state index contributed by atoms with van der Waals surface area (Å²) in [6.45, 7) is 13.4. The van der Waals surface area contributed by atoms with Crippen molar-refractivity contribution in [2.45, 2.75) is 65.8 Å². The number of halogens is 1. The van der Waals surface area contributed by atoms with Crippen LogP contribution in [-0.2, 0) is 9.47 Å². The van der Waals surface area contributed by atoms with E-state index in [1.165, 1.54) is 11.3 Å². The van der Waals surface area contributed by atoms with Gasteiger partial charge in [0.15, 0.2) is 0 Å². The van der Waals surface area contributed by atoms with Crippen LogP contribution in [0.5, 0.6) is 0 Å². The number of methoxy groups -OCH3 is 1. The van der Waals surface area contributed by atoms with Gasteiger partial charge >= 0.3 is 0 Å². The van der Waals surface area contributed by atoms with Crippen LogP contribution in [0.15, 0.2) is 34.4 Å². The minimum atomic E-state index is -0.200. The van der Waals surface area contributed by atoms with E-state index >= 15 is 0 Å². The Kier molecular flexibility index (Phi) is 12.7. The molecule has 2 aliphatic heterocycles. The van der Waals surface area contributed by atoms with Crippen LogP contribution < -0.4 is 10.9 Å². The van der Waals surface area contributed by atoms with E-state index in [1.54, 1.807) is 18.0 Å². The second-order valence-corrected chi connectivity index (χ2v) is 9.28. The minimum Gasteiger partial charge on any atom is -0.385 e. The van der Waals surface area contributed by atoms with E-state index in [4.69, 9.17) is 16.3 Å². The number of nitrogens with zero attached hydrogens (tertiary/aromatic N) is 3. The van der Waals surface area contributed by atoms with Gasteiger partial charge in [-0.25, -0.2) is 4.68 Å². The zero-order chi connectivity index (χ0) is 24.9. The fourth-order valence-electron chi connectivity index (χ4n) is 4.26. The van der Waals surface area contributed by atoms with Gasteiger partial charge < -0.3 is 19.7 Å². The molecule has 0 bridgehead atoms. The molecular formula is C26H43ClN4O3. The molecule has 3 heterocycles. The van der Waals surface area contributed by atoms with Crippen molar-refractivity contribution >= 4 is 17.3 Å². The average molecular weight is 495 g/mol. The van der Waals surface area contributed by atoms with Gasteiger partial charge in [-0.3, -0.25) is 4.79 Å². The molecule has 1 unspecified atom stereocenters. The van der Waals surface area contributed by atoms with E-state index in [0.717, 1.165) is 71.6 Å². The topological polar surface area (TPSA) is 68.6 Å². The van der Waals surface area contributed by atoms with E-state index in [2.05, 4.69) is 53.0 Å². The third-order valence-corrected chi connectivity index (χ3v) is 6.88. The van der Waals surface area contributed by atoms with Gasteiger partial charge in [0.05, 0.1) is 24.5 Å². The summed E-state index contributed by atoms with van der Waals surface area (Å²) in [6.07, 6.45) is 11.0. The van der Waals surface area contributed by atoms with Crippen molar-refractivity contribution in [2.75, 3.05) is 51.9 Å². The summed E-state index contributed by atoms with van der Waals surface area (Å²) in [5.74, 6) is 0.451. The molecule has 0 spiro atoms. The number of ether oxygens (including phenoxy) is 2. The van der Waals surface area contributed by atoms with Crippen LogP contribution in [0.25, 0.3) is 0 Å². The van der Waals surface area contributed by atoms with Crippen molar-refractivity contribution in [3.63, 3.8) is 0 Å². The molecule has 1 N–H and O–H groups in total. The Bertz CT molecular complexity index is 852. The molecule has 2 aliphatic rings. The third-order valence-electron chi connectivity index (χ3n) is 6.51. The first-order chi connectivity index (χ1) is 16.5. The summed E-state index contributed by atoms with van der Waals surface area (Å²) in [4.78, 5) is 15.3. The first kappa shape index (κ1) is 28.4. The fourth-order valence-corrected chi connectivity index (χ4v) is 4.46. The standard InChI is InChI=1S/C23H35ClN4O2.C3H8O/c1-4-7-21(17(3)5-2)27-11-9-19(10-12-27)28-23(29)22(24)20(15-26-28)25-14-18-8-6-13-30-16-18;1-3-4-2/h4,7,15,18-19,25H,5-6,8-14,16H2,1-3H3;3H2,1-2H3/b7-4-,21-17+;. The second kappa shape index (κ2) is 15.2. The van der Waals surface area contributed by atoms with Crippen LogP contribution in [0.4, 0.5) is 5.69 Å². The number of likely N-dealkylation sites (tertiary alicyclic amines) is 1. The molecule has 7 nitrogen and oxygen atoms in total. The highest BCUT2D eigenvalue weighted by Crippen LogP contribution is 2.27. The minimum absolute atomic E-state index is 0.0841. The number of hydrogen-bond acceptors (Lipinski definition) is 6. The molecule has 2 saturated heterocycles. The Labute approximate surface area is 210 Å². The van der Waals surface area contributed by atoms with Gasteiger partial charge in [0.2, 0.25) is 0 Å². The normalized spacial score (nSPS) is 20.1. The maximum absolute atomic E-state index is 12.9. The summed E-state index contributed by atoms with van der Waals surface area (Å²) in [6, 6.07) is 0.0841. The number of hydrogen-bond donors (Lipinski definition) is 1. The number of nitrogens with one attached hydrogen (secondary N) is 1. The molecule has 0 aliphatic carbocycles. The molecule has 1 atom stereocenters.